The highest BCUT2D eigenvalue weighted by Crippen LogP contribution is 2.14. The van der Waals surface area contributed by atoms with E-state index in [9.17, 15) is 4.79 Å². The summed E-state index contributed by atoms with van der Waals surface area (Å²) in [5, 5.41) is 5.77. The molecular formula is C8H14N2O. The third-order valence-electron chi connectivity index (χ3n) is 1.89. The molecule has 3 heteroatoms. The molecule has 1 aliphatic heterocycles. The number of carbonyl (C=O) groups excluding carboxylic acids is 1. The lowest BCUT2D eigenvalue weighted by Gasteiger charge is -1.99. The van der Waals surface area contributed by atoms with Crippen molar-refractivity contribution in [1.29, 1.82) is 0 Å². The van der Waals surface area contributed by atoms with Gasteiger partial charge in [0.2, 0.25) is 5.91 Å². The van der Waals surface area contributed by atoms with Crippen LogP contribution in [-0.4, -0.2) is 26.0 Å². The van der Waals surface area contributed by atoms with Gasteiger partial charge in [-0.25, -0.2) is 0 Å². The molecule has 1 amide bonds. The predicted molar refractivity (Wildman–Crippen MR) is 44.2 cm³/mol. The Morgan fingerprint density at radius 2 is 2.55 bits per heavy atom. The third kappa shape index (κ3) is 1.80. The Labute approximate surface area is 66.9 Å². The van der Waals surface area contributed by atoms with Gasteiger partial charge in [-0.3, -0.25) is 4.79 Å². The topological polar surface area (TPSA) is 41.1 Å². The number of amides is 1. The Bertz CT molecular complexity index is 187. The monoisotopic (exact) mass is 154 g/mol. The van der Waals surface area contributed by atoms with Gasteiger partial charge < -0.3 is 10.6 Å². The van der Waals surface area contributed by atoms with Crippen molar-refractivity contribution in [3.63, 3.8) is 0 Å². The Kier molecular flexibility index (Phi) is 2.65. The summed E-state index contributed by atoms with van der Waals surface area (Å²) in [5.74, 6) is 0.462. The van der Waals surface area contributed by atoms with Crippen LogP contribution in [0.25, 0.3) is 0 Å². The number of rotatable bonds is 2. The highest BCUT2D eigenvalue weighted by Gasteiger charge is 2.23. The molecule has 0 spiro atoms. The van der Waals surface area contributed by atoms with Crippen molar-refractivity contribution in [1.82, 2.24) is 10.6 Å². The maximum atomic E-state index is 11.1. The molecule has 0 saturated carbocycles. The molecule has 11 heavy (non-hydrogen) atoms. The Balaban J connectivity index is 2.60. The fourth-order valence-corrected chi connectivity index (χ4v) is 1.19. The zero-order valence-corrected chi connectivity index (χ0v) is 6.98. The van der Waals surface area contributed by atoms with E-state index in [-0.39, 0.29) is 5.91 Å². The van der Waals surface area contributed by atoms with E-state index < -0.39 is 0 Å². The maximum Gasteiger partial charge on any atom is 0.247 e. The van der Waals surface area contributed by atoms with E-state index in [0.29, 0.717) is 5.92 Å². The summed E-state index contributed by atoms with van der Waals surface area (Å²) >= 11 is 0. The molecular weight excluding hydrogens is 140 g/mol. The van der Waals surface area contributed by atoms with E-state index in [0.717, 1.165) is 18.7 Å². The van der Waals surface area contributed by atoms with Crippen molar-refractivity contribution in [2.24, 2.45) is 5.92 Å². The van der Waals surface area contributed by atoms with Crippen molar-refractivity contribution in [2.75, 3.05) is 20.1 Å². The lowest BCUT2D eigenvalue weighted by Crippen LogP contribution is -2.15. The van der Waals surface area contributed by atoms with Crippen LogP contribution in [0, 0.1) is 5.92 Å². The second-order valence-corrected chi connectivity index (χ2v) is 2.83. The molecule has 0 bridgehead atoms. The summed E-state index contributed by atoms with van der Waals surface area (Å²) in [6, 6.07) is 0. The second-order valence-electron chi connectivity index (χ2n) is 2.83. The largest absolute Gasteiger partial charge is 0.352 e. The summed E-state index contributed by atoms with van der Waals surface area (Å²) in [7, 11) is 1.87. The van der Waals surface area contributed by atoms with E-state index in [2.05, 4.69) is 17.6 Å². The number of carbonyl (C=O) groups is 1. The van der Waals surface area contributed by atoms with Crippen LogP contribution in [0.1, 0.15) is 6.92 Å². The molecule has 0 radical (unpaired) electrons. The number of likely N-dealkylation sites (N-methyl/N-ethyl adjacent to an activating group) is 1. The zero-order chi connectivity index (χ0) is 8.27. The van der Waals surface area contributed by atoms with Crippen molar-refractivity contribution < 1.29 is 4.79 Å². The average Bonchev–Trinajstić information content (AvgIpc) is 2.29. The van der Waals surface area contributed by atoms with Crippen molar-refractivity contribution in [3.8, 4) is 0 Å². The molecule has 2 N–H and O–H groups in total. The van der Waals surface area contributed by atoms with Crippen LogP contribution < -0.4 is 10.6 Å². The molecule has 0 aromatic carbocycles. The van der Waals surface area contributed by atoms with Crippen molar-refractivity contribution >= 4 is 5.91 Å². The fraction of sp³-hybridized carbons (Fsp3) is 0.625. The minimum Gasteiger partial charge on any atom is -0.352 e. The van der Waals surface area contributed by atoms with Gasteiger partial charge in [-0.15, -0.1) is 0 Å². The van der Waals surface area contributed by atoms with Gasteiger partial charge >= 0.3 is 0 Å². The normalized spacial score (nSPS) is 27.6. The smallest absolute Gasteiger partial charge is 0.247 e. The SMILES string of the molecule is CNC/C=C1/C(=O)NCC1C. The van der Waals surface area contributed by atoms with E-state index >= 15 is 0 Å². The quantitative estimate of drug-likeness (QED) is 0.545. The molecule has 0 aromatic rings. The molecule has 0 aliphatic carbocycles. The van der Waals surface area contributed by atoms with Gasteiger partial charge in [0.25, 0.3) is 0 Å². The van der Waals surface area contributed by atoms with E-state index in [1.807, 2.05) is 13.1 Å². The van der Waals surface area contributed by atoms with Gasteiger partial charge in [0.05, 0.1) is 0 Å². The number of hydrogen-bond acceptors (Lipinski definition) is 2. The molecule has 1 saturated heterocycles. The third-order valence-corrected chi connectivity index (χ3v) is 1.89. The van der Waals surface area contributed by atoms with Gasteiger partial charge in [-0.1, -0.05) is 13.0 Å². The second kappa shape index (κ2) is 3.53. The Morgan fingerprint density at radius 1 is 1.82 bits per heavy atom. The van der Waals surface area contributed by atoms with Crippen LogP contribution in [0.15, 0.2) is 11.6 Å². The highest BCUT2D eigenvalue weighted by molar-refractivity contribution is 5.96. The van der Waals surface area contributed by atoms with Crippen LogP contribution in [-0.2, 0) is 4.79 Å². The lowest BCUT2D eigenvalue weighted by molar-refractivity contribution is -0.116. The van der Waals surface area contributed by atoms with Crippen LogP contribution in [0.3, 0.4) is 0 Å². The van der Waals surface area contributed by atoms with Gasteiger partial charge in [0.1, 0.15) is 0 Å². The molecule has 0 aromatic heterocycles. The molecule has 1 fully saturated rings. The van der Waals surface area contributed by atoms with Gasteiger partial charge in [-0.05, 0) is 7.05 Å². The van der Waals surface area contributed by atoms with E-state index in [1.165, 1.54) is 0 Å². The van der Waals surface area contributed by atoms with Crippen molar-refractivity contribution in [2.45, 2.75) is 6.92 Å². The zero-order valence-electron chi connectivity index (χ0n) is 6.98. The minimum atomic E-state index is 0.0905. The first-order valence-electron chi connectivity index (χ1n) is 3.88. The molecule has 1 heterocycles. The summed E-state index contributed by atoms with van der Waals surface area (Å²) in [5.41, 5.74) is 0.916. The fourth-order valence-electron chi connectivity index (χ4n) is 1.19. The summed E-state index contributed by atoms with van der Waals surface area (Å²) in [6.07, 6.45) is 1.95. The van der Waals surface area contributed by atoms with Crippen LogP contribution in [0.4, 0.5) is 0 Å². The summed E-state index contributed by atoms with van der Waals surface area (Å²) in [4.78, 5) is 11.1. The first-order chi connectivity index (χ1) is 5.25. The molecule has 1 aliphatic rings. The Morgan fingerprint density at radius 3 is 3.00 bits per heavy atom. The number of hydrogen-bond donors (Lipinski definition) is 2. The van der Waals surface area contributed by atoms with E-state index in [4.69, 9.17) is 0 Å². The van der Waals surface area contributed by atoms with Crippen LogP contribution >= 0.6 is 0 Å². The first-order valence-corrected chi connectivity index (χ1v) is 3.88. The summed E-state index contributed by atoms with van der Waals surface area (Å²) < 4.78 is 0. The predicted octanol–water partition coefficient (Wildman–Crippen LogP) is -0.102. The molecule has 1 atom stereocenters. The van der Waals surface area contributed by atoms with Gasteiger partial charge in [0, 0.05) is 24.6 Å². The van der Waals surface area contributed by atoms with Gasteiger partial charge in [0.15, 0.2) is 0 Å². The summed E-state index contributed by atoms with van der Waals surface area (Å²) in [6.45, 7) is 3.61. The standard InChI is InChI=1S/C8H14N2O/c1-6-5-10-8(11)7(6)3-4-9-2/h3,6,9H,4-5H2,1-2H3,(H,10,11)/b7-3+. The average molecular weight is 154 g/mol. The maximum absolute atomic E-state index is 11.1. The minimum absolute atomic E-state index is 0.0905. The molecule has 62 valence electrons. The molecule has 1 rings (SSSR count). The highest BCUT2D eigenvalue weighted by atomic mass is 16.2. The van der Waals surface area contributed by atoms with Crippen molar-refractivity contribution in [3.05, 3.63) is 11.6 Å². The lowest BCUT2D eigenvalue weighted by atomic mass is 10.1. The molecule has 3 nitrogen and oxygen atoms in total. The van der Waals surface area contributed by atoms with Gasteiger partial charge in [-0.2, -0.15) is 0 Å². The first kappa shape index (κ1) is 8.27. The van der Waals surface area contributed by atoms with Crippen LogP contribution in [0.2, 0.25) is 0 Å². The number of nitrogens with one attached hydrogen (secondary N) is 2. The van der Waals surface area contributed by atoms with E-state index in [1.54, 1.807) is 0 Å². The Hall–Kier alpha value is -0.830. The van der Waals surface area contributed by atoms with Crippen LogP contribution in [0.5, 0.6) is 0 Å². The molecule has 1 unspecified atom stereocenters.